The highest BCUT2D eigenvalue weighted by Gasteiger charge is 2.19. The van der Waals surface area contributed by atoms with E-state index in [0.717, 1.165) is 10.9 Å². The van der Waals surface area contributed by atoms with Crippen molar-refractivity contribution in [3.63, 3.8) is 0 Å². The van der Waals surface area contributed by atoms with E-state index in [9.17, 15) is 0 Å². The third-order valence-electron chi connectivity index (χ3n) is 2.37. The lowest BCUT2D eigenvalue weighted by Crippen LogP contribution is -2.32. The van der Waals surface area contributed by atoms with Crippen molar-refractivity contribution in [3.05, 3.63) is 20.8 Å². The van der Waals surface area contributed by atoms with Gasteiger partial charge in [-0.3, -0.25) is 11.3 Å². The molecule has 0 fully saturated rings. The van der Waals surface area contributed by atoms with E-state index < -0.39 is 0 Å². The van der Waals surface area contributed by atoms with Crippen LogP contribution in [0.5, 0.6) is 0 Å². The molecule has 0 amide bonds. The SMILES string of the molecule is CCC(C)C(NN)c1cscc1Br. The molecule has 4 heteroatoms. The molecule has 74 valence electrons. The second-order valence-corrected chi connectivity index (χ2v) is 4.80. The summed E-state index contributed by atoms with van der Waals surface area (Å²) in [4.78, 5) is 0. The molecule has 1 aromatic rings. The molecule has 0 aliphatic rings. The van der Waals surface area contributed by atoms with Crippen LogP contribution in [0, 0.1) is 5.92 Å². The van der Waals surface area contributed by atoms with Gasteiger partial charge in [0.2, 0.25) is 0 Å². The quantitative estimate of drug-likeness (QED) is 0.647. The van der Waals surface area contributed by atoms with Gasteiger partial charge in [0, 0.05) is 9.85 Å². The maximum absolute atomic E-state index is 5.54. The minimum Gasteiger partial charge on any atom is -0.271 e. The molecule has 0 aliphatic heterocycles. The molecule has 2 unspecified atom stereocenters. The lowest BCUT2D eigenvalue weighted by molar-refractivity contribution is 0.383. The summed E-state index contributed by atoms with van der Waals surface area (Å²) < 4.78 is 1.15. The molecule has 0 bridgehead atoms. The van der Waals surface area contributed by atoms with Crippen molar-refractivity contribution < 1.29 is 0 Å². The predicted octanol–water partition coefficient (Wildman–Crippen LogP) is 3.06. The van der Waals surface area contributed by atoms with Gasteiger partial charge in [0.25, 0.3) is 0 Å². The van der Waals surface area contributed by atoms with Crippen molar-refractivity contribution in [1.29, 1.82) is 0 Å². The second-order valence-electron chi connectivity index (χ2n) is 3.20. The van der Waals surface area contributed by atoms with Crippen LogP contribution in [-0.4, -0.2) is 0 Å². The summed E-state index contributed by atoms with van der Waals surface area (Å²) in [7, 11) is 0. The van der Waals surface area contributed by atoms with Crippen molar-refractivity contribution >= 4 is 27.3 Å². The van der Waals surface area contributed by atoms with Gasteiger partial charge in [-0.2, -0.15) is 11.3 Å². The van der Waals surface area contributed by atoms with Gasteiger partial charge < -0.3 is 0 Å². The largest absolute Gasteiger partial charge is 0.271 e. The Morgan fingerprint density at radius 1 is 1.62 bits per heavy atom. The Bertz CT molecular complexity index is 262. The summed E-state index contributed by atoms with van der Waals surface area (Å²) in [5.74, 6) is 6.09. The van der Waals surface area contributed by atoms with Gasteiger partial charge in [-0.1, -0.05) is 20.3 Å². The van der Waals surface area contributed by atoms with Crippen LogP contribution < -0.4 is 11.3 Å². The van der Waals surface area contributed by atoms with Gasteiger partial charge in [0.1, 0.15) is 0 Å². The number of nitrogens with one attached hydrogen (secondary N) is 1. The topological polar surface area (TPSA) is 38.0 Å². The average molecular weight is 263 g/mol. The predicted molar refractivity (Wildman–Crippen MR) is 61.5 cm³/mol. The first-order chi connectivity index (χ1) is 6.20. The van der Waals surface area contributed by atoms with E-state index in [0.29, 0.717) is 5.92 Å². The molecule has 1 aromatic heterocycles. The first kappa shape index (κ1) is 11.2. The molecule has 0 saturated heterocycles. The van der Waals surface area contributed by atoms with Crippen LogP contribution in [0.3, 0.4) is 0 Å². The fraction of sp³-hybridized carbons (Fsp3) is 0.556. The molecule has 0 radical (unpaired) electrons. The van der Waals surface area contributed by atoms with Crippen molar-refractivity contribution in [3.8, 4) is 0 Å². The average Bonchev–Trinajstić information content (AvgIpc) is 2.53. The lowest BCUT2D eigenvalue weighted by Gasteiger charge is -2.21. The number of nitrogens with two attached hydrogens (primary N) is 1. The van der Waals surface area contributed by atoms with Crippen LogP contribution in [0.4, 0.5) is 0 Å². The molecule has 1 rings (SSSR count). The zero-order chi connectivity index (χ0) is 9.84. The van der Waals surface area contributed by atoms with Gasteiger partial charge in [-0.05, 0) is 32.8 Å². The van der Waals surface area contributed by atoms with Gasteiger partial charge >= 0.3 is 0 Å². The molecule has 1 heterocycles. The van der Waals surface area contributed by atoms with E-state index in [4.69, 9.17) is 5.84 Å². The Morgan fingerprint density at radius 3 is 2.69 bits per heavy atom. The number of halogens is 1. The summed E-state index contributed by atoms with van der Waals surface area (Å²) >= 11 is 5.22. The maximum Gasteiger partial charge on any atom is 0.0504 e. The molecule has 2 nitrogen and oxygen atoms in total. The highest BCUT2D eigenvalue weighted by atomic mass is 79.9. The van der Waals surface area contributed by atoms with Gasteiger partial charge in [-0.15, -0.1) is 0 Å². The summed E-state index contributed by atoms with van der Waals surface area (Å²) in [5, 5.41) is 4.23. The summed E-state index contributed by atoms with van der Waals surface area (Å²) in [6, 6.07) is 0.255. The minimum absolute atomic E-state index is 0.255. The molecular weight excluding hydrogens is 248 g/mol. The highest BCUT2D eigenvalue weighted by molar-refractivity contribution is 9.10. The molecule has 0 aliphatic carbocycles. The van der Waals surface area contributed by atoms with E-state index >= 15 is 0 Å². The Morgan fingerprint density at radius 2 is 2.31 bits per heavy atom. The number of hydrazine groups is 1. The van der Waals surface area contributed by atoms with Crippen LogP contribution in [0.1, 0.15) is 31.9 Å². The van der Waals surface area contributed by atoms with Crippen LogP contribution in [0.2, 0.25) is 0 Å². The third-order valence-corrected chi connectivity index (χ3v) is 4.12. The summed E-state index contributed by atoms with van der Waals surface area (Å²) in [6.45, 7) is 4.38. The van der Waals surface area contributed by atoms with Crippen LogP contribution in [0.25, 0.3) is 0 Å². The fourth-order valence-electron chi connectivity index (χ4n) is 1.31. The zero-order valence-electron chi connectivity index (χ0n) is 7.88. The Hall–Kier alpha value is 0.100. The third kappa shape index (κ3) is 2.53. The van der Waals surface area contributed by atoms with E-state index in [1.165, 1.54) is 5.56 Å². The Labute approximate surface area is 91.6 Å². The smallest absolute Gasteiger partial charge is 0.0504 e. The van der Waals surface area contributed by atoms with Gasteiger partial charge in [0.05, 0.1) is 6.04 Å². The molecule has 2 atom stereocenters. The van der Waals surface area contributed by atoms with Crippen LogP contribution in [-0.2, 0) is 0 Å². The summed E-state index contributed by atoms with van der Waals surface area (Å²) in [6.07, 6.45) is 1.12. The van der Waals surface area contributed by atoms with Crippen molar-refractivity contribution in [2.75, 3.05) is 0 Å². The Kier molecular flexibility index (Phi) is 4.38. The van der Waals surface area contributed by atoms with Crippen LogP contribution >= 0.6 is 27.3 Å². The first-order valence-corrected chi connectivity index (χ1v) is 6.12. The first-order valence-electron chi connectivity index (χ1n) is 4.38. The van der Waals surface area contributed by atoms with Crippen LogP contribution in [0.15, 0.2) is 15.2 Å². The molecule has 0 spiro atoms. The molecule has 0 saturated carbocycles. The van der Waals surface area contributed by atoms with E-state index in [1.54, 1.807) is 11.3 Å². The van der Waals surface area contributed by atoms with Crippen molar-refractivity contribution in [2.45, 2.75) is 26.3 Å². The highest BCUT2D eigenvalue weighted by Crippen LogP contribution is 2.32. The molecular formula is C9H15BrN2S. The van der Waals surface area contributed by atoms with Crippen molar-refractivity contribution in [2.24, 2.45) is 11.8 Å². The Balaban J connectivity index is 2.84. The van der Waals surface area contributed by atoms with E-state index in [1.807, 2.05) is 0 Å². The molecule has 3 N–H and O–H groups in total. The van der Waals surface area contributed by atoms with Crippen molar-refractivity contribution in [1.82, 2.24) is 5.43 Å². The fourth-order valence-corrected chi connectivity index (χ4v) is 2.89. The second kappa shape index (κ2) is 5.10. The van der Waals surface area contributed by atoms with E-state index in [-0.39, 0.29) is 6.04 Å². The molecule has 13 heavy (non-hydrogen) atoms. The normalized spacial score (nSPS) is 15.7. The van der Waals surface area contributed by atoms with Gasteiger partial charge in [0.15, 0.2) is 0 Å². The summed E-state index contributed by atoms with van der Waals surface area (Å²) in [5.41, 5.74) is 4.14. The molecule has 0 aromatic carbocycles. The standard InChI is InChI=1S/C9H15BrN2S/c1-3-6(2)9(12-11)7-4-13-5-8(7)10/h4-6,9,12H,3,11H2,1-2H3. The monoisotopic (exact) mass is 262 g/mol. The van der Waals surface area contributed by atoms with E-state index in [2.05, 4.69) is 46.0 Å². The number of thiophene rings is 1. The lowest BCUT2D eigenvalue weighted by atomic mass is 9.95. The number of rotatable bonds is 4. The van der Waals surface area contributed by atoms with Gasteiger partial charge in [-0.25, -0.2) is 0 Å². The number of hydrogen-bond donors (Lipinski definition) is 2. The number of hydrogen-bond acceptors (Lipinski definition) is 3. The maximum atomic E-state index is 5.54. The minimum atomic E-state index is 0.255. The zero-order valence-corrected chi connectivity index (χ0v) is 10.3.